The molecule has 0 aliphatic carbocycles. The Hall–Kier alpha value is -2.24. The maximum Gasteiger partial charge on any atom is 0.489 e. The second kappa shape index (κ2) is 7.11. The average molecular weight is 350 g/mol. The Balaban J connectivity index is 1.91. The van der Waals surface area contributed by atoms with E-state index in [9.17, 15) is 4.57 Å². The van der Waals surface area contributed by atoms with Gasteiger partial charge in [0.05, 0.1) is 18.5 Å². The quantitative estimate of drug-likeness (QED) is 0.702. The van der Waals surface area contributed by atoms with Crippen molar-refractivity contribution < 1.29 is 23.1 Å². The van der Waals surface area contributed by atoms with E-state index in [1.54, 1.807) is 48.3 Å². The molecule has 0 radical (unpaired) electrons. The predicted molar refractivity (Wildman–Crippen MR) is 89.7 cm³/mol. The Bertz CT molecular complexity index is 741. The van der Waals surface area contributed by atoms with E-state index in [1.807, 2.05) is 13.0 Å². The topological polar surface area (TPSA) is 70.1 Å². The highest BCUT2D eigenvalue weighted by Gasteiger charge is 2.35. The van der Waals surface area contributed by atoms with E-state index in [0.717, 1.165) is 0 Å². The third kappa shape index (κ3) is 3.32. The number of hydrogen-bond acceptors (Lipinski definition) is 6. The minimum atomic E-state index is -3.60. The molecule has 2 heterocycles. The Labute approximate surface area is 140 Å². The molecule has 0 saturated carbocycles. The number of hydrogen-bond donors (Lipinski definition) is 0. The Morgan fingerprint density at radius 1 is 1.25 bits per heavy atom. The lowest BCUT2D eigenvalue weighted by Crippen LogP contribution is -2.24. The standard InChI is InChI=1S/C16H19N2O5P/c1-3-18(13-6-5-9-17-11-13)24(19,22-4-2)23-14-7-8-15-16(10-14)21-12-20-15/h5-11H,3-4,12H2,1-2H3. The summed E-state index contributed by atoms with van der Waals surface area (Å²) in [6.07, 6.45) is 3.28. The van der Waals surface area contributed by atoms with Crippen molar-refractivity contribution in [1.29, 1.82) is 0 Å². The molecule has 0 amide bonds. The number of rotatable bonds is 7. The van der Waals surface area contributed by atoms with Gasteiger partial charge in [-0.25, -0.2) is 4.57 Å². The Morgan fingerprint density at radius 2 is 2.08 bits per heavy atom. The van der Waals surface area contributed by atoms with E-state index >= 15 is 0 Å². The van der Waals surface area contributed by atoms with Crippen molar-refractivity contribution in [2.45, 2.75) is 13.8 Å². The fourth-order valence-corrected chi connectivity index (χ4v) is 4.12. The first-order chi connectivity index (χ1) is 11.7. The van der Waals surface area contributed by atoms with E-state index in [1.165, 1.54) is 0 Å². The van der Waals surface area contributed by atoms with Crippen LogP contribution in [0.4, 0.5) is 5.69 Å². The van der Waals surface area contributed by atoms with Crippen molar-refractivity contribution in [1.82, 2.24) is 4.98 Å². The number of anilines is 1. The molecule has 1 aromatic heterocycles. The number of aromatic nitrogens is 1. The van der Waals surface area contributed by atoms with Crippen molar-refractivity contribution in [3.63, 3.8) is 0 Å². The summed E-state index contributed by atoms with van der Waals surface area (Å²) >= 11 is 0. The molecule has 1 unspecified atom stereocenters. The van der Waals surface area contributed by atoms with Gasteiger partial charge in [0.1, 0.15) is 5.75 Å². The Kier molecular flexibility index (Phi) is 4.92. The van der Waals surface area contributed by atoms with Gasteiger partial charge in [-0.15, -0.1) is 0 Å². The van der Waals surface area contributed by atoms with Gasteiger partial charge >= 0.3 is 7.75 Å². The van der Waals surface area contributed by atoms with Crippen LogP contribution in [0.2, 0.25) is 0 Å². The van der Waals surface area contributed by atoms with Gasteiger partial charge in [0.15, 0.2) is 11.5 Å². The summed E-state index contributed by atoms with van der Waals surface area (Å²) in [7, 11) is -3.60. The Morgan fingerprint density at radius 3 is 2.79 bits per heavy atom. The van der Waals surface area contributed by atoms with E-state index < -0.39 is 7.75 Å². The van der Waals surface area contributed by atoms with E-state index in [0.29, 0.717) is 29.5 Å². The fourth-order valence-electron chi connectivity index (χ4n) is 2.38. The molecule has 1 aliphatic rings. The number of benzene rings is 1. The highest BCUT2D eigenvalue weighted by molar-refractivity contribution is 7.56. The van der Waals surface area contributed by atoms with Crippen LogP contribution in [0.1, 0.15) is 13.8 Å². The van der Waals surface area contributed by atoms with Crippen LogP contribution in [0.15, 0.2) is 42.7 Å². The molecule has 3 rings (SSSR count). The molecule has 7 nitrogen and oxygen atoms in total. The highest BCUT2D eigenvalue weighted by Crippen LogP contribution is 2.54. The third-order valence-corrected chi connectivity index (χ3v) is 5.53. The van der Waals surface area contributed by atoms with E-state index in [2.05, 4.69) is 4.98 Å². The molecule has 0 saturated heterocycles. The zero-order chi connectivity index (χ0) is 17.0. The number of ether oxygens (including phenoxy) is 2. The lowest BCUT2D eigenvalue weighted by Gasteiger charge is -2.30. The molecule has 24 heavy (non-hydrogen) atoms. The summed E-state index contributed by atoms with van der Waals surface area (Å²) in [6, 6.07) is 8.62. The smallest absolute Gasteiger partial charge is 0.454 e. The van der Waals surface area contributed by atoms with Gasteiger partial charge in [-0.3, -0.25) is 14.2 Å². The van der Waals surface area contributed by atoms with Gasteiger partial charge in [0.2, 0.25) is 6.79 Å². The van der Waals surface area contributed by atoms with Gasteiger partial charge < -0.3 is 14.0 Å². The van der Waals surface area contributed by atoms with E-state index in [4.69, 9.17) is 18.5 Å². The number of pyridine rings is 1. The van der Waals surface area contributed by atoms with Gasteiger partial charge in [-0.1, -0.05) is 0 Å². The van der Waals surface area contributed by atoms with Crippen molar-refractivity contribution in [2.24, 2.45) is 0 Å². The normalized spacial score (nSPS) is 14.9. The average Bonchev–Trinajstić information content (AvgIpc) is 3.04. The van der Waals surface area contributed by atoms with Gasteiger partial charge in [0, 0.05) is 18.8 Å². The summed E-state index contributed by atoms with van der Waals surface area (Å²) in [4.78, 5) is 4.07. The minimum absolute atomic E-state index is 0.165. The zero-order valence-electron chi connectivity index (χ0n) is 13.5. The van der Waals surface area contributed by atoms with Crippen LogP contribution in [0, 0.1) is 0 Å². The molecule has 8 heteroatoms. The first-order valence-electron chi connectivity index (χ1n) is 7.68. The van der Waals surface area contributed by atoms with Crippen LogP contribution in [0.3, 0.4) is 0 Å². The number of nitrogens with zero attached hydrogens (tertiary/aromatic N) is 2. The first kappa shape index (κ1) is 16.6. The zero-order valence-corrected chi connectivity index (χ0v) is 14.4. The van der Waals surface area contributed by atoms with Crippen LogP contribution in [0.5, 0.6) is 17.2 Å². The first-order valence-corrected chi connectivity index (χ1v) is 9.17. The fraction of sp³-hybridized carbons (Fsp3) is 0.312. The number of fused-ring (bicyclic) bond motifs is 1. The lowest BCUT2D eigenvalue weighted by atomic mass is 10.3. The maximum absolute atomic E-state index is 13.4. The summed E-state index contributed by atoms with van der Waals surface area (Å²) in [5, 5.41) is 0. The molecular weight excluding hydrogens is 331 g/mol. The monoisotopic (exact) mass is 350 g/mol. The van der Waals surface area contributed by atoms with Crippen molar-refractivity contribution in [2.75, 3.05) is 24.6 Å². The van der Waals surface area contributed by atoms with Gasteiger partial charge in [-0.2, -0.15) is 0 Å². The molecule has 1 atom stereocenters. The third-order valence-electron chi connectivity index (χ3n) is 3.40. The largest absolute Gasteiger partial charge is 0.489 e. The second-order valence-corrected chi connectivity index (χ2v) is 6.78. The van der Waals surface area contributed by atoms with Crippen LogP contribution >= 0.6 is 7.75 Å². The maximum atomic E-state index is 13.4. The van der Waals surface area contributed by atoms with Crippen molar-refractivity contribution >= 4 is 13.4 Å². The molecule has 128 valence electrons. The van der Waals surface area contributed by atoms with Crippen molar-refractivity contribution in [3.05, 3.63) is 42.7 Å². The minimum Gasteiger partial charge on any atom is -0.454 e. The SMILES string of the molecule is CCOP(=O)(Oc1ccc2c(c1)OCO2)N(CC)c1cccnc1. The predicted octanol–water partition coefficient (Wildman–Crippen LogP) is 3.86. The van der Waals surface area contributed by atoms with Crippen LogP contribution in [0.25, 0.3) is 0 Å². The van der Waals surface area contributed by atoms with Crippen LogP contribution < -0.4 is 18.7 Å². The van der Waals surface area contributed by atoms with Gasteiger partial charge in [-0.05, 0) is 38.1 Å². The summed E-state index contributed by atoms with van der Waals surface area (Å²) < 4.78 is 36.9. The van der Waals surface area contributed by atoms with Crippen molar-refractivity contribution in [3.8, 4) is 17.2 Å². The molecule has 1 aliphatic heterocycles. The lowest BCUT2D eigenvalue weighted by molar-refractivity contribution is 0.174. The molecule has 0 N–H and O–H groups in total. The van der Waals surface area contributed by atoms with Crippen LogP contribution in [-0.4, -0.2) is 24.9 Å². The molecule has 0 fully saturated rings. The van der Waals surface area contributed by atoms with Gasteiger partial charge in [0.25, 0.3) is 0 Å². The highest BCUT2D eigenvalue weighted by atomic mass is 31.2. The molecule has 0 bridgehead atoms. The molecule has 0 spiro atoms. The van der Waals surface area contributed by atoms with Crippen LogP contribution in [-0.2, 0) is 9.09 Å². The molecule has 2 aromatic rings. The molecular formula is C16H19N2O5P. The second-order valence-electron chi connectivity index (χ2n) is 4.92. The molecule has 1 aromatic carbocycles. The van der Waals surface area contributed by atoms with E-state index in [-0.39, 0.29) is 13.4 Å². The summed E-state index contributed by atoms with van der Waals surface area (Å²) in [5.41, 5.74) is 0.664. The summed E-state index contributed by atoms with van der Waals surface area (Å²) in [6.45, 7) is 4.50. The summed E-state index contributed by atoms with van der Waals surface area (Å²) in [5.74, 6) is 1.58.